The van der Waals surface area contributed by atoms with Crippen LogP contribution in [-0.2, 0) is 4.79 Å². The zero-order valence-electron chi connectivity index (χ0n) is 10.1. The second kappa shape index (κ2) is 5.53. The van der Waals surface area contributed by atoms with Crippen LogP contribution in [0.25, 0.3) is 0 Å². The van der Waals surface area contributed by atoms with Gasteiger partial charge in [-0.3, -0.25) is 4.79 Å². The summed E-state index contributed by atoms with van der Waals surface area (Å²) >= 11 is 3.14. The van der Waals surface area contributed by atoms with E-state index in [1.54, 1.807) is 0 Å². The Morgan fingerprint density at radius 2 is 1.95 bits per heavy atom. The van der Waals surface area contributed by atoms with E-state index >= 15 is 0 Å². The average molecular weight is 336 g/mol. The van der Waals surface area contributed by atoms with Gasteiger partial charge in [-0.1, -0.05) is 0 Å². The predicted molar refractivity (Wildman–Crippen MR) is 69.6 cm³/mol. The summed E-state index contributed by atoms with van der Waals surface area (Å²) in [5.41, 5.74) is 0.448. The van der Waals surface area contributed by atoms with Gasteiger partial charge in [-0.05, 0) is 47.0 Å². The first-order chi connectivity index (χ1) is 8.87. The van der Waals surface area contributed by atoms with Gasteiger partial charge in [-0.25, -0.2) is 13.2 Å². The minimum Gasteiger partial charge on any atom is -0.325 e. The van der Waals surface area contributed by atoms with Gasteiger partial charge in [0.1, 0.15) is 5.82 Å². The third-order valence-corrected chi connectivity index (χ3v) is 3.93. The summed E-state index contributed by atoms with van der Waals surface area (Å²) in [6.07, 6.45) is -0.152. The summed E-state index contributed by atoms with van der Waals surface area (Å²) in [4.78, 5) is 11.9. The fourth-order valence-corrected chi connectivity index (χ4v) is 2.58. The van der Waals surface area contributed by atoms with Crippen molar-refractivity contribution in [2.75, 3.05) is 5.32 Å². The normalized spacial score (nSPS) is 19.2. The summed E-state index contributed by atoms with van der Waals surface area (Å²) < 4.78 is 39.3. The summed E-state index contributed by atoms with van der Waals surface area (Å²) in [6, 6.07) is 3.91. The molecular formula is C13H13BrF3NO. The van der Waals surface area contributed by atoms with Gasteiger partial charge in [0, 0.05) is 23.2 Å². The van der Waals surface area contributed by atoms with Gasteiger partial charge in [0.05, 0.1) is 5.69 Å². The lowest BCUT2D eigenvalue weighted by Crippen LogP contribution is -2.31. The van der Waals surface area contributed by atoms with Gasteiger partial charge in [-0.2, -0.15) is 0 Å². The van der Waals surface area contributed by atoms with E-state index in [0.717, 1.165) is 0 Å². The highest BCUT2D eigenvalue weighted by Crippen LogP contribution is 2.36. The number of benzene rings is 1. The van der Waals surface area contributed by atoms with E-state index in [2.05, 4.69) is 21.2 Å². The lowest BCUT2D eigenvalue weighted by molar-refractivity contribution is -0.124. The Hall–Kier alpha value is -1.04. The quantitative estimate of drug-likeness (QED) is 0.855. The number of carbonyl (C=O) groups excluding carboxylic acids is 1. The third-order valence-electron chi connectivity index (χ3n) is 3.28. The highest BCUT2D eigenvalue weighted by molar-refractivity contribution is 9.10. The predicted octanol–water partition coefficient (Wildman–Crippen LogP) is 4.35. The van der Waals surface area contributed by atoms with E-state index < -0.39 is 17.7 Å². The Labute approximate surface area is 117 Å². The van der Waals surface area contributed by atoms with Crippen LogP contribution in [0.2, 0.25) is 0 Å². The topological polar surface area (TPSA) is 29.1 Å². The number of nitrogens with one attached hydrogen (secondary N) is 1. The molecule has 104 valence electrons. The molecule has 0 bridgehead atoms. The molecule has 19 heavy (non-hydrogen) atoms. The monoisotopic (exact) mass is 335 g/mol. The molecule has 1 aliphatic rings. The van der Waals surface area contributed by atoms with Gasteiger partial charge < -0.3 is 5.32 Å². The molecule has 1 aromatic rings. The molecule has 2 nitrogen and oxygen atoms in total. The van der Waals surface area contributed by atoms with Crippen LogP contribution >= 0.6 is 15.9 Å². The number of hydrogen-bond donors (Lipinski definition) is 1. The summed E-state index contributed by atoms with van der Waals surface area (Å²) in [5, 5.41) is 2.64. The standard InChI is InChI=1S/C13H13BrF3NO/c14-10-7-9(15)1-2-11(10)18-12(19)8-3-5-13(16,17)6-4-8/h1-2,7-8H,3-6H2,(H,18,19). The van der Waals surface area contributed by atoms with Gasteiger partial charge in [0.15, 0.2) is 0 Å². The molecule has 0 aliphatic heterocycles. The van der Waals surface area contributed by atoms with Crippen molar-refractivity contribution in [3.05, 3.63) is 28.5 Å². The molecular weight excluding hydrogens is 323 g/mol. The number of rotatable bonds is 2. The zero-order valence-corrected chi connectivity index (χ0v) is 11.6. The van der Waals surface area contributed by atoms with Crippen molar-refractivity contribution in [2.24, 2.45) is 5.92 Å². The number of amides is 1. The van der Waals surface area contributed by atoms with Crippen LogP contribution in [-0.4, -0.2) is 11.8 Å². The Bertz CT molecular complexity index is 483. The van der Waals surface area contributed by atoms with Crippen molar-refractivity contribution < 1.29 is 18.0 Å². The highest BCUT2D eigenvalue weighted by atomic mass is 79.9. The van der Waals surface area contributed by atoms with Gasteiger partial charge in [-0.15, -0.1) is 0 Å². The third kappa shape index (κ3) is 3.72. The SMILES string of the molecule is O=C(Nc1ccc(F)cc1Br)C1CCC(F)(F)CC1. The van der Waals surface area contributed by atoms with Crippen LogP contribution in [0.5, 0.6) is 0 Å². The maximum atomic E-state index is 13.0. The Morgan fingerprint density at radius 1 is 1.32 bits per heavy atom. The number of hydrogen-bond acceptors (Lipinski definition) is 1. The second-order valence-electron chi connectivity index (χ2n) is 4.74. The maximum absolute atomic E-state index is 13.0. The van der Waals surface area contributed by atoms with Crippen LogP contribution in [0.3, 0.4) is 0 Å². The van der Waals surface area contributed by atoms with Crippen LogP contribution in [0.1, 0.15) is 25.7 Å². The Kier molecular flexibility index (Phi) is 4.18. The van der Waals surface area contributed by atoms with Gasteiger partial charge >= 0.3 is 0 Å². The molecule has 0 aromatic heterocycles. The fraction of sp³-hybridized carbons (Fsp3) is 0.462. The van der Waals surface area contributed by atoms with Crippen LogP contribution in [0, 0.1) is 11.7 Å². The van der Waals surface area contributed by atoms with Crippen LogP contribution in [0.4, 0.5) is 18.9 Å². The van der Waals surface area contributed by atoms with Crippen LogP contribution < -0.4 is 5.32 Å². The average Bonchev–Trinajstić information content (AvgIpc) is 2.32. The molecule has 1 fully saturated rings. The Morgan fingerprint density at radius 3 is 2.53 bits per heavy atom. The molecule has 2 rings (SSSR count). The van der Waals surface area contributed by atoms with Crippen molar-refractivity contribution in [1.29, 1.82) is 0 Å². The maximum Gasteiger partial charge on any atom is 0.248 e. The van der Waals surface area contributed by atoms with Crippen LogP contribution in [0.15, 0.2) is 22.7 Å². The highest BCUT2D eigenvalue weighted by Gasteiger charge is 2.37. The first kappa shape index (κ1) is 14.4. The zero-order chi connectivity index (χ0) is 14.0. The molecule has 0 spiro atoms. The number of carbonyl (C=O) groups is 1. The van der Waals surface area contributed by atoms with Gasteiger partial charge in [0.2, 0.25) is 11.8 Å². The van der Waals surface area contributed by atoms with E-state index in [1.165, 1.54) is 18.2 Å². The first-order valence-corrected chi connectivity index (χ1v) is 6.80. The van der Waals surface area contributed by atoms with Crippen molar-refractivity contribution >= 4 is 27.5 Å². The second-order valence-corrected chi connectivity index (χ2v) is 5.60. The molecule has 1 aromatic carbocycles. The number of alkyl halides is 2. The summed E-state index contributed by atoms with van der Waals surface area (Å²) in [7, 11) is 0. The van der Waals surface area contributed by atoms with E-state index in [1.807, 2.05) is 0 Å². The van der Waals surface area contributed by atoms with Crippen molar-refractivity contribution in [3.8, 4) is 0 Å². The lowest BCUT2D eigenvalue weighted by atomic mass is 9.86. The van der Waals surface area contributed by atoms with E-state index in [0.29, 0.717) is 10.2 Å². The molecule has 1 saturated carbocycles. The van der Waals surface area contributed by atoms with Crippen molar-refractivity contribution in [1.82, 2.24) is 0 Å². The fourth-order valence-electron chi connectivity index (χ4n) is 2.13. The van der Waals surface area contributed by atoms with E-state index in [4.69, 9.17) is 0 Å². The first-order valence-electron chi connectivity index (χ1n) is 6.01. The molecule has 0 atom stereocenters. The summed E-state index contributed by atoms with van der Waals surface area (Å²) in [6.45, 7) is 0. The molecule has 0 unspecified atom stereocenters. The van der Waals surface area contributed by atoms with Gasteiger partial charge in [0.25, 0.3) is 0 Å². The molecule has 6 heteroatoms. The smallest absolute Gasteiger partial charge is 0.248 e. The minimum atomic E-state index is -2.65. The summed E-state index contributed by atoms with van der Waals surface area (Å²) in [5.74, 6) is -3.76. The lowest BCUT2D eigenvalue weighted by Gasteiger charge is -2.27. The molecule has 0 heterocycles. The van der Waals surface area contributed by atoms with Crippen molar-refractivity contribution in [3.63, 3.8) is 0 Å². The molecule has 1 amide bonds. The number of anilines is 1. The molecule has 1 N–H and O–H groups in total. The van der Waals surface area contributed by atoms with E-state index in [-0.39, 0.29) is 31.6 Å². The molecule has 0 radical (unpaired) electrons. The molecule has 0 saturated heterocycles. The minimum absolute atomic E-state index is 0.178. The largest absolute Gasteiger partial charge is 0.325 e. The number of halogens is 4. The van der Waals surface area contributed by atoms with Crippen molar-refractivity contribution in [2.45, 2.75) is 31.6 Å². The Balaban J connectivity index is 1.98. The van der Waals surface area contributed by atoms with E-state index in [9.17, 15) is 18.0 Å². The molecule has 1 aliphatic carbocycles.